The van der Waals surface area contributed by atoms with E-state index in [1.807, 2.05) is 35.0 Å². The average Bonchev–Trinajstić information content (AvgIpc) is 2.69. The fourth-order valence-electron chi connectivity index (χ4n) is 1.56. The standard InChI is InChI=1S/C12H11BrN2S/c13-10-5-3-9(4-6-10)8-15-7-1-2-11(15)12(14)16/h1-7H,8H2,(H2,14,16). The molecule has 1 aromatic carbocycles. The molecule has 82 valence electrons. The third-order valence-electron chi connectivity index (χ3n) is 2.35. The maximum Gasteiger partial charge on any atom is 0.120 e. The number of halogens is 1. The van der Waals surface area contributed by atoms with Gasteiger partial charge in [0.25, 0.3) is 0 Å². The maximum atomic E-state index is 5.64. The lowest BCUT2D eigenvalue weighted by atomic mass is 10.2. The van der Waals surface area contributed by atoms with Crippen molar-refractivity contribution in [2.45, 2.75) is 6.54 Å². The lowest BCUT2D eigenvalue weighted by molar-refractivity contribution is 0.798. The molecule has 0 saturated heterocycles. The van der Waals surface area contributed by atoms with Gasteiger partial charge < -0.3 is 10.3 Å². The van der Waals surface area contributed by atoms with Crippen LogP contribution in [0.5, 0.6) is 0 Å². The first kappa shape index (κ1) is 11.4. The van der Waals surface area contributed by atoms with E-state index in [9.17, 15) is 0 Å². The molecule has 2 aromatic rings. The molecule has 16 heavy (non-hydrogen) atoms. The molecule has 0 radical (unpaired) electrons. The van der Waals surface area contributed by atoms with E-state index in [-0.39, 0.29) is 0 Å². The van der Waals surface area contributed by atoms with Crippen molar-refractivity contribution in [3.63, 3.8) is 0 Å². The summed E-state index contributed by atoms with van der Waals surface area (Å²) in [6.45, 7) is 0.785. The number of thiocarbonyl (C=S) groups is 1. The summed E-state index contributed by atoms with van der Waals surface area (Å²) in [5.74, 6) is 0. The fourth-order valence-corrected chi connectivity index (χ4v) is 2.01. The second-order valence-corrected chi connectivity index (χ2v) is 4.87. The van der Waals surface area contributed by atoms with E-state index >= 15 is 0 Å². The van der Waals surface area contributed by atoms with Gasteiger partial charge >= 0.3 is 0 Å². The molecule has 0 aliphatic rings. The topological polar surface area (TPSA) is 30.9 Å². The van der Waals surface area contributed by atoms with Crippen molar-refractivity contribution in [1.82, 2.24) is 4.57 Å². The monoisotopic (exact) mass is 294 g/mol. The van der Waals surface area contributed by atoms with Gasteiger partial charge in [0.05, 0.1) is 5.69 Å². The lowest BCUT2D eigenvalue weighted by Crippen LogP contribution is -2.15. The molecule has 0 aliphatic carbocycles. The van der Waals surface area contributed by atoms with Crippen LogP contribution < -0.4 is 5.73 Å². The van der Waals surface area contributed by atoms with Crippen molar-refractivity contribution in [2.24, 2.45) is 5.73 Å². The van der Waals surface area contributed by atoms with Crippen molar-refractivity contribution < 1.29 is 0 Å². The van der Waals surface area contributed by atoms with Gasteiger partial charge in [0.1, 0.15) is 4.99 Å². The highest BCUT2D eigenvalue weighted by atomic mass is 79.9. The Balaban J connectivity index is 2.23. The number of benzene rings is 1. The molecule has 0 amide bonds. The zero-order chi connectivity index (χ0) is 11.5. The highest BCUT2D eigenvalue weighted by Crippen LogP contribution is 2.13. The third kappa shape index (κ3) is 2.51. The molecule has 0 saturated carbocycles. The van der Waals surface area contributed by atoms with Crippen LogP contribution in [0, 0.1) is 0 Å². The first-order chi connectivity index (χ1) is 7.66. The van der Waals surface area contributed by atoms with E-state index in [0.717, 1.165) is 16.7 Å². The number of hydrogen-bond acceptors (Lipinski definition) is 1. The van der Waals surface area contributed by atoms with E-state index in [0.29, 0.717) is 4.99 Å². The van der Waals surface area contributed by atoms with Crippen LogP contribution in [0.25, 0.3) is 0 Å². The van der Waals surface area contributed by atoms with Gasteiger partial charge in [-0.25, -0.2) is 0 Å². The Morgan fingerprint density at radius 3 is 2.56 bits per heavy atom. The van der Waals surface area contributed by atoms with Crippen LogP contribution in [0.4, 0.5) is 0 Å². The Morgan fingerprint density at radius 2 is 1.94 bits per heavy atom. The smallest absolute Gasteiger partial charge is 0.120 e. The first-order valence-corrected chi connectivity index (χ1v) is 6.06. The van der Waals surface area contributed by atoms with Gasteiger partial charge in [-0.1, -0.05) is 40.3 Å². The average molecular weight is 295 g/mol. The molecule has 2 N–H and O–H groups in total. The van der Waals surface area contributed by atoms with Gasteiger partial charge in [0.2, 0.25) is 0 Å². The van der Waals surface area contributed by atoms with Crippen LogP contribution in [0.15, 0.2) is 47.1 Å². The van der Waals surface area contributed by atoms with E-state index in [2.05, 4.69) is 28.1 Å². The molecule has 0 atom stereocenters. The molecule has 2 nitrogen and oxygen atoms in total. The van der Waals surface area contributed by atoms with Crippen LogP contribution >= 0.6 is 28.1 Å². The molecule has 4 heteroatoms. The minimum Gasteiger partial charge on any atom is -0.388 e. The van der Waals surface area contributed by atoms with Gasteiger partial charge in [0, 0.05) is 17.2 Å². The zero-order valence-corrected chi connectivity index (χ0v) is 11.0. The quantitative estimate of drug-likeness (QED) is 0.883. The molecular formula is C12H11BrN2S. The maximum absolute atomic E-state index is 5.64. The molecule has 0 bridgehead atoms. The summed E-state index contributed by atoms with van der Waals surface area (Å²) in [6.07, 6.45) is 1.98. The van der Waals surface area contributed by atoms with Crippen LogP contribution in [-0.4, -0.2) is 9.56 Å². The second kappa shape index (κ2) is 4.80. The summed E-state index contributed by atoms with van der Waals surface area (Å²) >= 11 is 8.40. The second-order valence-electron chi connectivity index (χ2n) is 3.51. The molecule has 1 aromatic heterocycles. The van der Waals surface area contributed by atoms with E-state index < -0.39 is 0 Å². The Kier molecular flexibility index (Phi) is 3.41. The van der Waals surface area contributed by atoms with Gasteiger partial charge in [0.15, 0.2) is 0 Å². The van der Waals surface area contributed by atoms with Gasteiger partial charge in [-0.2, -0.15) is 0 Å². The van der Waals surface area contributed by atoms with Crippen LogP contribution in [0.2, 0.25) is 0 Å². The molecule has 1 heterocycles. The van der Waals surface area contributed by atoms with Gasteiger partial charge in [-0.05, 0) is 29.8 Å². The SMILES string of the molecule is NC(=S)c1cccn1Cc1ccc(Br)cc1. The summed E-state index contributed by atoms with van der Waals surface area (Å²) in [4.78, 5) is 0.433. The summed E-state index contributed by atoms with van der Waals surface area (Å²) < 4.78 is 3.13. The lowest BCUT2D eigenvalue weighted by Gasteiger charge is -2.08. The number of rotatable bonds is 3. The molecule has 0 aliphatic heterocycles. The summed E-state index contributed by atoms with van der Waals surface area (Å²) in [5, 5.41) is 0. The number of hydrogen-bond donors (Lipinski definition) is 1. The zero-order valence-electron chi connectivity index (χ0n) is 8.56. The predicted molar refractivity (Wildman–Crippen MR) is 73.6 cm³/mol. The van der Waals surface area contributed by atoms with E-state index in [1.54, 1.807) is 0 Å². The Hall–Kier alpha value is -1.13. The van der Waals surface area contributed by atoms with Gasteiger partial charge in [-0.15, -0.1) is 0 Å². The minimum atomic E-state index is 0.433. The number of nitrogens with zero attached hydrogens (tertiary/aromatic N) is 1. The molecule has 2 rings (SSSR count). The van der Waals surface area contributed by atoms with Crippen molar-refractivity contribution in [3.05, 3.63) is 58.3 Å². The summed E-state index contributed by atoms with van der Waals surface area (Å²) in [6, 6.07) is 12.1. The summed E-state index contributed by atoms with van der Waals surface area (Å²) in [7, 11) is 0. The molecular weight excluding hydrogens is 284 g/mol. The van der Waals surface area contributed by atoms with Crippen LogP contribution in [-0.2, 0) is 6.54 Å². The third-order valence-corrected chi connectivity index (χ3v) is 3.09. The molecule has 0 fully saturated rings. The fraction of sp³-hybridized carbons (Fsp3) is 0.0833. The Bertz CT molecular complexity index is 502. The predicted octanol–water partition coefficient (Wildman–Crippen LogP) is 2.93. The van der Waals surface area contributed by atoms with E-state index in [4.69, 9.17) is 18.0 Å². The molecule has 0 unspecified atom stereocenters. The number of nitrogens with two attached hydrogens (primary N) is 1. The van der Waals surface area contributed by atoms with Crippen molar-refractivity contribution in [1.29, 1.82) is 0 Å². The van der Waals surface area contributed by atoms with Crippen LogP contribution in [0.3, 0.4) is 0 Å². The highest BCUT2D eigenvalue weighted by Gasteiger charge is 2.03. The summed E-state index contributed by atoms with van der Waals surface area (Å²) in [5.41, 5.74) is 7.76. The highest BCUT2D eigenvalue weighted by molar-refractivity contribution is 9.10. The Labute approximate surface area is 108 Å². The van der Waals surface area contributed by atoms with Crippen molar-refractivity contribution in [3.8, 4) is 0 Å². The Morgan fingerprint density at radius 1 is 1.25 bits per heavy atom. The van der Waals surface area contributed by atoms with Crippen molar-refractivity contribution >= 4 is 33.1 Å². The normalized spacial score (nSPS) is 10.3. The van der Waals surface area contributed by atoms with E-state index in [1.165, 1.54) is 5.56 Å². The van der Waals surface area contributed by atoms with Crippen molar-refractivity contribution in [2.75, 3.05) is 0 Å². The van der Waals surface area contributed by atoms with Gasteiger partial charge in [-0.3, -0.25) is 0 Å². The first-order valence-electron chi connectivity index (χ1n) is 4.86. The largest absolute Gasteiger partial charge is 0.388 e. The molecule has 0 spiro atoms. The van der Waals surface area contributed by atoms with Crippen LogP contribution in [0.1, 0.15) is 11.3 Å². The minimum absolute atomic E-state index is 0.433. The number of aromatic nitrogens is 1.